The molecule has 1 saturated carbocycles. The summed E-state index contributed by atoms with van der Waals surface area (Å²) in [6.07, 6.45) is 3.53. The van der Waals surface area contributed by atoms with Crippen LogP contribution in [0.1, 0.15) is 33.1 Å². The Hall–Kier alpha value is -0.0800. The zero-order valence-electron chi connectivity index (χ0n) is 7.64. The van der Waals surface area contributed by atoms with E-state index in [9.17, 15) is 0 Å². The van der Waals surface area contributed by atoms with Gasteiger partial charge in [-0.2, -0.15) is 0 Å². The summed E-state index contributed by atoms with van der Waals surface area (Å²) in [6.45, 7) is 5.38. The summed E-state index contributed by atoms with van der Waals surface area (Å²) < 4.78 is 0. The van der Waals surface area contributed by atoms with Gasteiger partial charge in [0.25, 0.3) is 0 Å². The van der Waals surface area contributed by atoms with Gasteiger partial charge in [0, 0.05) is 6.04 Å². The molecule has 0 amide bonds. The van der Waals surface area contributed by atoms with Crippen molar-refractivity contribution in [3.8, 4) is 0 Å². The first-order valence-corrected chi connectivity index (χ1v) is 4.49. The molecule has 1 fully saturated rings. The molecule has 0 spiro atoms. The Morgan fingerprint density at radius 1 is 1.36 bits per heavy atom. The predicted octanol–water partition coefficient (Wildman–Crippen LogP) is 1.10. The van der Waals surface area contributed by atoms with Gasteiger partial charge < -0.3 is 11.5 Å². The van der Waals surface area contributed by atoms with Crippen LogP contribution < -0.4 is 11.5 Å². The van der Waals surface area contributed by atoms with Gasteiger partial charge in [-0.05, 0) is 37.1 Å². The first-order chi connectivity index (χ1) is 5.03. The van der Waals surface area contributed by atoms with Gasteiger partial charge in [-0.1, -0.05) is 13.8 Å². The van der Waals surface area contributed by atoms with Crippen molar-refractivity contribution < 1.29 is 0 Å². The van der Waals surface area contributed by atoms with Crippen molar-refractivity contribution in [1.82, 2.24) is 0 Å². The van der Waals surface area contributed by atoms with Gasteiger partial charge in [0.1, 0.15) is 0 Å². The van der Waals surface area contributed by atoms with Crippen molar-refractivity contribution in [2.45, 2.75) is 39.2 Å². The van der Waals surface area contributed by atoms with Gasteiger partial charge in [0.15, 0.2) is 0 Å². The van der Waals surface area contributed by atoms with E-state index in [4.69, 9.17) is 11.5 Å². The van der Waals surface area contributed by atoms with Crippen LogP contribution in [-0.4, -0.2) is 12.6 Å². The van der Waals surface area contributed by atoms with Crippen LogP contribution in [0.4, 0.5) is 0 Å². The normalized spacial score (nSPS) is 37.1. The van der Waals surface area contributed by atoms with Crippen LogP contribution >= 0.6 is 0 Å². The molecule has 0 aliphatic heterocycles. The van der Waals surface area contributed by atoms with Crippen molar-refractivity contribution in [2.24, 2.45) is 22.8 Å². The van der Waals surface area contributed by atoms with E-state index in [2.05, 4.69) is 13.8 Å². The van der Waals surface area contributed by atoms with E-state index in [0.717, 1.165) is 19.4 Å². The molecule has 11 heavy (non-hydrogen) atoms. The highest BCUT2D eigenvalue weighted by Gasteiger charge is 2.31. The Bertz CT molecular complexity index is 132. The maximum atomic E-state index is 5.92. The standard InChI is InChI=1S/C9H20N2/c1-9(2)4-7(6-10)3-8(11)5-9/h7-8H,3-6,10-11H2,1-2H3. The van der Waals surface area contributed by atoms with Crippen LogP contribution in [-0.2, 0) is 0 Å². The molecule has 1 aliphatic rings. The molecule has 0 aromatic rings. The smallest absolute Gasteiger partial charge is 0.00470 e. The fraction of sp³-hybridized carbons (Fsp3) is 1.00. The lowest BCUT2D eigenvalue weighted by Gasteiger charge is -2.38. The Kier molecular flexibility index (Phi) is 2.55. The van der Waals surface area contributed by atoms with Gasteiger partial charge in [0.2, 0.25) is 0 Å². The predicted molar refractivity (Wildman–Crippen MR) is 48.2 cm³/mol. The highest BCUT2D eigenvalue weighted by Crippen LogP contribution is 2.37. The molecule has 2 unspecified atom stereocenters. The highest BCUT2D eigenvalue weighted by atomic mass is 14.7. The van der Waals surface area contributed by atoms with Crippen LogP contribution in [0.25, 0.3) is 0 Å². The molecule has 66 valence electrons. The minimum absolute atomic E-state index is 0.382. The minimum atomic E-state index is 0.382. The molecule has 2 heteroatoms. The van der Waals surface area contributed by atoms with Crippen LogP contribution in [0.15, 0.2) is 0 Å². The summed E-state index contributed by atoms with van der Waals surface area (Å²) in [7, 11) is 0. The van der Waals surface area contributed by atoms with E-state index in [0.29, 0.717) is 17.4 Å². The molecule has 0 heterocycles. The first kappa shape index (κ1) is 9.01. The molecular formula is C9H20N2. The van der Waals surface area contributed by atoms with Crippen molar-refractivity contribution >= 4 is 0 Å². The van der Waals surface area contributed by atoms with E-state index >= 15 is 0 Å². The molecule has 0 aromatic heterocycles. The lowest BCUT2D eigenvalue weighted by Crippen LogP contribution is -2.39. The summed E-state index contributed by atoms with van der Waals surface area (Å²) in [5, 5.41) is 0. The second-order valence-electron chi connectivity index (χ2n) is 4.67. The third-order valence-corrected chi connectivity index (χ3v) is 2.63. The number of rotatable bonds is 1. The first-order valence-electron chi connectivity index (χ1n) is 4.49. The van der Waals surface area contributed by atoms with Crippen molar-refractivity contribution in [2.75, 3.05) is 6.54 Å². The minimum Gasteiger partial charge on any atom is -0.330 e. The van der Waals surface area contributed by atoms with Gasteiger partial charge >= 0.3 is 0 Å². The lowest BCUT2D eigenvalue weighted by atomic mass is 9.70. The Balaban J connectivity index is 2.51. The second-order valence-corrected chi connectivity index (χ2v) is 4.67. The van der Waals surface area contributed by atoms with Crippen LogP contribution in [0, 0.1) is 11.3 Å². The maximum absolute atomic E-state index is 5.92. The lowest BCUT2D eigenvalue weighted by molar-refractivity contribution is 0.164. The van der Waals surface area contributed by atoms with Crippen molar-refractivity contribution in [1.29, 1.82) is 0 Å². The monoisotopic (exact) mass is 156 g/mol. The summed E-state index contributed by atoms with van der Waals surface area (Å²) in [5.41, 5.74) is 12.0. The average Bonchev–Trinajstić information content (AvgIpc) is 1.83. The van der Waals surface area contributed by atoms with Gasteiger partial charge in [0.05, 0.1) is 0 Å². The molecule has 0 bridgehead atoms. The third-order valence-electron chi connectivity index (χ3n) is 2.63. The average molecular weight is 156 g/mol. The van der Waals surface area contributed by atoms with Crippen molar-refractivity contribution in [3.63, 3.8) is 0 Å². The maximum Gasteiger partial charge on any atom is 0.00470 e. The topological polar surface area (TPSA) is 52.0 Å². The molecule has 0 saturated heterocycles. The van der Waals surface area contributed by atoms with Crippen LogP contribution in [0.2, 0.25) is 0 Å². The fourth-order valence-corrected chi connectivity index (χ4v) is 2.35. The number of nitrogens with two attached hydrogens (primary N) is 2. The summed E-state index contributed by atoms with van der Waals surface area (Å²) >= 11 is 0. The quantitative estimate of drug-likeness (QED) is 0.597. The Morgan fingerprint density at radius 3 is 2.45 bits per heavy atom. The zero-order chi connectivity index (χ0) is 8.48. The van der Waals surface area contributed by atoms with Crippen LogP contribution in [0.3, 0.4) is 0 Å². The van der Waals surface area contributed by atoms with Gasteiger partial charge in [-0.3, -0.25) is 0 Å². The third kappa shape index (κ3) is 2.46. The molecule has 1 aliphatic carbocycles. The summed E-state index contributed by atoms with van der Waals surface area (Å²) in [5.74, 6) is 0.661. The molecule has 1 rings (SSSR count). The van der Waals surface area contributed by atoms with E-state index in [1.165, 1.54) is 6.42 Å². The molecule has 0 aromatic carbocycles. The van der Waals surface area contributed by atoms with E-state index in [-0.39, 0.29) is 0 Å². The Labute approximate surface area is 69.3 Å². The zero-order valence-corrected chi connectivity index (χ0v) is 7.64. The SMILES string of the molecule is CC1(C)CC(N)CC(CN)C1. The summed E-state index contributed by atoms with van der Waals surface area (Å²) in [6, 6.07) is 0.382. The molecule has 0 radical (unpaired) electrons. The van der Waals surface area contributed by atoms with E-state index in [1.54, 1.807) is 0 Å². The van der Waals surface area contributed by atoms with Gasteiger partial charge in [-0.25, -0.2) is 0 Å². The number of hydrogen-bond donors (Lipinski definition) is 2. The molecule has 4 N–H and O–H groups in total. The molecular weight excluding hydrogens is 136 g/mol. The van der Waals surface area contributed by atoms with E-state index in [1.807, 2.05) is 0 Å². The highest BCUT2D eigenvalue weighted by molar-refractivity contribution is 4.86. The molecule has 2 atom stereocenters. The fourth-order valence-electron chi connectivity index (χ4n) is 2.35. The van der Waals surface area contributed by atoms with Gasteiger partial charge in [-0.15, -0.1) is 0 Å². The van der Waals surface area contributed by atoms with E-state index < -0.39 is 0 Å². The largest absolute Gasteiger partial charge is 0.330 e. The van der Waals surface area contributed by atoms with Crippen molar-refractivity contribution in [3.05, 3.63) is 0 Å². The second kappa shape index (κ2) is 3.11. The van der Waals surface area contributed by atoms with Crippen LogP contribution in [0.5, 0.6) is 0 Å². The number of hydrogen-bond acceptors (Lipinski definition) is 2. The Morgan fingerprint density at radius 2 is 2.00 bits per heavy atom. The molecule has 2 nitrogen and oxygen atoms in total. The summed E-state index contributed by atoms with van der Waals surface area (Å²) in [4.78, 5) is 0.